The Hall–Kier alpha value is -0.830. The van der Waals surface area contributed by atoms with Gasteiger partial charge in [-0.25, -0.2) is 0 Å². The Morgan fingerprint density at radius 3 is 2.65 bits per heavy atom. The van der Waals surface area contributed by atoms with E-state index in [1.165, 1.54) is 37.8 Å². The number of aromatic nitrogens is 2. The van der Waals surface area contributed by atoms with Gasteiger partial charge in [0.1, 0.15) is 0 Å². The summed E-state index contributed by atoms with van der Waals surface area (Å²) in [5.41, 5.74) is 1.53. The zero-order valence-electron chi connectivity index (χ0n) is 13.7. The highest BCUT2D eigenvalue weighted by Gasteiger charge is 2.29. The quantitative estimate of drug-likeness (QED) is 0.857. The number of hydrogen-bond acceptors (Lipinski definition) is 2. The SMILES string of the molecule is CNCC(C)(Cc1ccn(C2CCCCC2)n1)C(C)C. The molecule has 0 spiro atoms. The molecule has 1 aromatic heterocycles. The zero-order valence-corrected chi connectivity index (χ0v) is 13.7. The van der Waals surface area contributed by atoms with E-state index >= 15 is 0 Å². The predicted molar refractivity (Wildman–Crippen MR) is 84.9 cm³/mol. The van der Waals surface area contributed by atoms with E-state index in [9.17, 15) is 0 Å². The van der Waals surface area contributed by atoms with Crippen molar-refractivity contribution < 1.29 is 0 Å². The van der Waals surface area contributed by atoms with Crippen LogP contribution in [0.25, 0.3) is 0 Å². The average molecular weight is 277 g/mol. The van der Waals surface area contributed by atoms with Crippen molar-refractivity contribution in [1.82, 2.24) is 15.1 Å². The summed E-state index contributed by atoms with van der Waals surface area (Å²) in [5.74, 6) is 0.648. The van der Waals surface area contributed by atoms with Gasteiger partial charge in [0, 0.05) is 12.7 Å². The summed E-state index contributed by atoms with van der Waals surface area (Å²) >= 11 is 0. The van der Waals surface area contributed by atoms with Gasteiger partial charge in [0.15, 0.2) is 0 Å². The van der Waals surface area contributed by atoms with Crippen molar-refractivity contribution in [3.05, 3.63) is 18.0 Å². The number of hydrogen-bond donors (Lipinski definition) is 1. The van der Waals surface area contributed by atoms with Gasteiger partial charge < -0.3 is 5.32 Å². The molecule has 3 heteroatoms. The van der Waals surface area contributed by atoms with Crippen molar-refractivity contribution in [2.75, 3.05) is 13.6 Å². The summed E-state index contributed by atoms with van der Waals surface area (Å²) in [6, 6.07) is 2.87. The van der Waals surface area contributed by atoms with Gasteiger partial charge in [-0.2, -0.15) is 5.10 Å². The molecule has 1 fully saturated rings. The van der Waals surface area contributed by atoms with Crippen molar-refractivity contribution in [1.29, 1.82) is 0 Å². The maximum atomic E-state index is 4.87. The number of rotatable bonds is 6. The van der Waals surface area contributed by atoms with Crippen LogP contribution in [0.5, 0.6) is 0 Å². The Morgan fingerprint density at radius 1 is 1.35 bits per heavy atom. The minimum Gasteiger partial charge on any atom is -0.319 e. The Kier molecular flexibility index (Phi) is 5.25. The second-order valence-electron chi connectivity index (χ2n) is 7.09. The highest BCUT2D eigenvalue weighted by Crippen LogP contribution is 2.31. The van der Waals surface area contributed by atoms with Crippen LogP contribution in [0.1, 0.15) is 64.6 Å². The molecule has 0 aromatic carbocycles. The van der Waals surface area contributed by atoms with Gasteiger partial charge in [0.2, 0.25) is 0 Å². The molecule has 1 aliphatic carbocycles. The van der Waals surface area contributed by atoms with Crippen LogP contribution in [0.15, 0.2) is 12.3 Å². The van der Waals surface area contributed by atoms with Gasteiger partial charge >= 0.3 is 0 Å². The van der Waals surface area contributed by atoms with Crippen molar-refractivity contribution in [3.63, 3.8) is 0 Å². The van der Waals surface area contributed by atoms with Gasteiger partial charge in [-0.15, -0.1) is 0 Å². The average Bonchev–Trinajstić information content (AvgIpc) is 2.88. The molecule has 1 saturated carbocycles. The monoisotopic (exact) mass is 277 g/mol. The normalized spacial score (nSPS) is 20.2. The van der Waals surface area contributed by atoms with Crippen LogP contribution in [0.2, 0.25) is 0 Å². The lowest BCUT2D eigenvalue weighted by molar-refractivity contribution is 0.209. The molecule has 1 N–H and O–H groups in total. The molecule has 1 heterocycles. The molecule has 1 aliphatic rings. The van der Waals surface area contributed by atoms with E-state index in [0.717, 1.165) is 13.0 Å². The van der Waals surface area contributed by atoms with E-state index in [4.69, 9.17) is 5.10 Å². The highest BCUT2D eigenvalue weighted by molar-refractivity contribution is 5.04. The van der Waals surface area contributed by atoms with E-state index < -0.39 is 0 Å². The molecular weight excluding hydrogens is 246 g/mol. The van der Waals surface area contributed by atoms with E-state index in [-0.39, 0.29) is 5.41 Å². The summed E-state index contributed by atoms with van der Waals surface area (Å²) in [5, 5.41) is 8.22. The fourth-order valence-corrected chi connectivity index (χ4v) is 3.31. The Morgan fingerprint density at radius 2 is 2.05 bits per heavy atom. The summed E-state index contributed by atoms with van der Waals surface area (Å²) in [6.07, 6.45) is 10.00. The molecule has 0 radical (unpaired) electrons. The van der Waals surface area contributed by atoms with Gasteiger partial charge in [0.05, 0.1) is 11.7 Å². The second kappa shape index (κ2) is 6.75. The summed E-state index contributed by atoms with van der Waals surface area (Å²) in [7, 11) is 2.04. The second-order valence-corrected chi connectivity index (χ2v) is 7.09. The van der Waals surface area contributed by atoms with Crippen LogP contribution in [-0.2, 0) is 6.42 Å². The van der Waals surface area contributed by atoms with Crippen LogP contribution in [-0.4, -0.2) is 23.4 Å². The summed E-state index contributed by atoms with van der Waals surface area (Å²) in [4.78, 5) is 0. The van der Waals surface area contributed by atoms with Gasteiger partial charge in [-0.05, 0) is 43.7 Å². The summed E-state index contributed by atoms with van der Waals surface area (Å²) in [6.45, 7) is 8.04. The largest absolute Gasteiger partial charge is 0.319 e. The molecule has 2 rings (SSSR count). The Labute approximate surface area is 124 Å². The number of nitrogens with zero attached hydrogens (tertiary/aromatic N) is 2. The maximum absolute atomic E-state index is 4.87. The maximum Gasteiger partial charge on any atom is 0.0630 e. The molecule has 0 aliphatic heterocycles. The van der Waals surface area contributed by atoms with E-state index in [0.29, 0.717) is 12.0 Å². The molecule has 0 saturated heterocycles. The molecule has 1 atom stereocenters. The first-order valence-corrected chi connectivity index (χ1v) is 8.24. The lowest BCUT2D eigenvalue weighted by Gasteiger charge is -2.33. The van der Waals surface area contributed by atoms with E-state index in [1.807, 2.05) is 7.05 Å². The fraction of sp³-hybridized carbons (Fsp3) is 0.824. The standard InChI is InChI=1S/C17H31N3/c1-14(2)17(3,13-18-4)12-15-10-11-20(19-15)16-8-6-5-7-9-16/h10-11,14,16,18H,5-9,12-13H2,1-4H3. The van der Waals surface area contributed by atoms with Crippen molar-refractivity contribution in [2.45, 2.75) is 65.3 Å². The van der Waals surface area contributed by atoms with Crippen LogP contribution in [0.4, 0.5) is 0 Å². The van der Waals surface area contributed by atoms with Gasteiger partial charge in [-0.3, -0.25) is 4.68 Å². The van der Waals surface area contributed by atoms with Crippen molar-refractivity contribution >= 4 is 0 Å². The molecule has 1 aromatic rings. The summed E-state index contributed by atoms with van der Waals surface area (Å²) < 4.78 is 2.23. The Balaban J connectivity index is 2.04. The smallest absolute Gasteiger partial charge is 0.0630 e. The molecule has 114 valence electrons. The third kappa shape index (κ3) is 3.63. The third-order valence-corrected chi connectivity index (χ3v) is 5.17. The zero-order chi connectivity index (χ0) is 14.6. The van der Waals surface area contributed by atoms with Crippen molar-refractivity contribution in [3.8, 4) is 0 Å². The lowest BCUT2D eigenvalue weighted by atomic mass is 9.75. The van der Waals surface area contributed by atoms with Crippen molar-refractivity contribution in [2.24, 2.45) is 11.3 Å². The molecule has 3 nitrogen and oxygen atoms in total. The first-order valence-electron chi connectivity index (χ1n) is 8.24. The third-order valence-electron chi connectivity index (χ3n) is 5.17. The molecule has 0 bridgehead atoms. The number of nitrogens with one attached hydrogen (secondary N) is 1. The Bertz CT molecular complexity index is 404. The van der Waals surface area contributed by atoms with E-state index in [2.05, 4.69) is 43.0 Å². The van der Waals surface area contributed by atoms with Crippen LogP contribution < -0.4 is 5.32 Å². The minimum absolute atomic E-state index is 0.278. The van der Waals surface area contributed by atoms with Crippen LogP contribution in [0.3, 0.4) is 0 Å². The van der Waals surface area contributed by atoms with Crippen LogP contribution in [0, 0.1) is 11.3 Å². The van der Waals surface area contributed by atoms with Crippen LogP contribution >= 0.6 is 0 Å². The lowest BCUT2D eigenvalue weighted by Crippen LogP contribution is -2.36. The molecule has 20 heavy (non-hydrogen) atoms. The molecule has 1 unspecified atom stereocenters. The minimum atomic E-state index is 0.278. The van der Waals surface area contributed by atoms with Gasteiger partial charge in [-0.1, -0.05) is 40.0 Å². The van der Waals surface area contributed by atoms with E-state index in [1.54, 1.807) is 0 Å². The first kappa shape index (κ1) is 15.6. The fourth-order valence-electron chi connectivity index (χ4n) is 3.31. The highest BCUT2D eigenvalue weighted by atomic mass is 15.3. The topological polar surface area (TPSA) is 29.9 Å². The predicted octanol–water partition coefficient (Wildman–Crippen LogP) is 3.81. The molecule has 0 amide bonds. The molecular formula is C17H31N3. The van der Waals surface area contributed by atoms with Gasteiger partial charge in [0.25, 0.3) is 0 Å². The first-order chi connectivity index (χ1) is 9.55.